The van der Waals surface area contributed by atoms with Gasteiger partial charge in [-0.05, 0) is 12.8 Å². The van der Waals surface area contributed by atoms with Crippen LogP contribution in [-0.4, -0.2) is 32.9 Å². The Morgan fingerprint density at radius 2 is 1.35 bits per heavy atom. The molecule has 23 heavy (non-hydrogen) atoms. The molecule has 1 atom stereocenters. The van der Waals surface area contributed by atoms with Crippen molar-refractivity contribution in [2.45, 2.75) is 84.5 Å². The molecule has 0 bridgehead atoms. The Kier molecular flexibility index (Phi) is 13.5. The van der Waals surface area contributed by atoms with E-state index in [1.54, 1.807) is 0 Å². The molecule has 0 spiro atoms. The number of sulfone groups is 1. The third-order valence-electron chi connectivity index (χ3n) is 4.21. The van der Waals surface area contributed by atoms with Gasteiger partial charge in [0.25, 0.3) is 0 Å². The molecule has 0 saturated heterocycles. The Bertz CT molecular complexity index is 393. The van der Waals surface area contributed by atoms with Crippen LogP contribution in [-0.2, 0) is 14.6 Å². The van der Waals surface area contributed by atoms with Crippen LogP contribution in [0.1, 0.15) is 84.5 Å². The molecule has 0 rings (SSSR count). The fourth-order valence-electron chi connectivity index (χ4n) is 2.72. The molecule has 1 amide bonds. The molecule has 0 aliphatic heterocycles. The summed E-state index contributed by atoms with van der Waals surface area (Å²) in [5.41, 5.74) is 0. The van der Waals surface area contributed by atoms with Gasteiger partial charge in [0.05, 0.1) is 5.75 Å². The summed E-state index contributed by atoms with van der Waals surface area (Å²) in [7, 11) is -3.01. The highest BCUT2D eigenvalue weighted by molar-refractivity contribution is 7.90. The first kappa shape index (κ1) is 22.4. The van der Waals surface area contributed by atoms with Crippen LogP contribution in [0.5, 0.6) is 0 Å². The van der Waals surface area contributed by atoms with Crippen molar-refractivity contribution in [3.8, 4) is 0 Å². The zero-order valence-corrected chi connectivity index (χ0v) is 16.2. The van der Waals surface area contributed by atoms with Gasteiger partial charge in [-0.25, -0.2) is 8.42 Å². The van der Waals surface area contributed by atoms with Gasteiger partial charge < -0.3 is 5.32 Å². The maximum absolute atomic E-state index is 12.3. The molecule has 138 valence electrons. The largest absolute Gasteiger partial charge is 0.355 e. The summed E-state index contributed by atoms with van der Waals surface area (Å²) >= 11 is 0. The van der Waals surface area contributed by atoms with E-state index in [0.717, 1.165) is 25.7 Å². The minimum Gasteiger partial charge on any atom is -0.355 e. The summed E-state index contributed by atoms with van der Waals surface area (Å²) in [6, 6.07) is 0. The standard InChI is InChI=1S/C18H37NO3S/c1-4-6-8-10-12-14-17(13-11-9-7-5-2)18(20)19-15-16-23(3,21)22/h17H,4-16H2,1-3H3,(H,19,20). The summed E-state index contributed by atoms with van der Waals surface area (Å²) in [4.78, 5) is 12.3. The van der Waals surface area contributed by atoms with Gasteiger partial charge in [-0.2, -0.15) is 0 Å². The van der Waals surface area contributed by atoms with E-state index >= 15 is 0 Å². The first-order valence-electron chi connectivity index (χ1n) is 9.36. The van der Waals surface area contributed by atoms with Crippen molar-refractivity contribution in [1.29, 1.82) is 0 Å². The van der Waals surface area contributed by atoms with Crippen LogP contribution in [0.4, 0.5) is 0 Å². The first-order chi connectivity index (χ1) is 10.9. The van der Waals surface area contributed by atoms with Crippen LogP contribution in [0.3, 0.4) is 0 Å². The van der Waals surface area contributed by atoms with Crippen LogP contribution in [0.2, 0.25) is 0 Å². The maximum Gasteiger partial charge on any atom is 0.223 e. The quantitative estimate of drug-likeness (QED) is 0.454. The summed E-state index contributed by atoms with van der Waals surface area (Å²) in [6.07, 6.45) is 13.8. The average Bonchev–Trinajstić information content (AvgIpc) is 2.47. The van der Waals surface area contributed by atoms with Crippen LogP contribution in [0.25, 0.3) is 0 Å². The predicted octanol–water partition coefficient (Wildman–Crippen LogP) is 4.09. The molecule has 0 aliphatic rings. The number of unbranched alkanes of at least 4 members (excludes halogenated alkanes) is 7. The van der Waals surface area contributed by atoms with Crippen LogP contribution in [0.15, 0.2) is 0 Å². The second-order valence-corrected chi connectivity index (χ2v) is 8.93. The van der Waals surface area contributed by atoms with Crippen molar-refractivity contribution in [2.24, 2.45) is 5.92 Å². The molecule has 0 aromatic heterocycles. The van der Waals surface area contributed by atoms with E-state index in [4.69, 9.17) is 0 Å². The lowest BCUT2D eigenvalue weighted by Gasteiger charge is -2.16. The molecular weight excluding hydrogens is 310 g/mol. The lowest BCUT2D eigenvalue weighted by molar-refractivity contribution is -0.125. The number of rotatable bonds is 15. The number of carbonyl (C=O) groups is 1. The van der Waals surface area contributed by atoms with Gasteiger partial charge in [-0.1, -0.05) is 71.6 Å². The molecule has 0 radical (unpaired) electrons. The minimum absolute atomic E-state index is 0.0256. The van der Waals surface area contributed by atoms with Gasteiger partial charge in [0.15, 0.2) is 0 Å². The van der Waals surface area contributed by atoms with E-state index in [-0.39, 0.29) is 24.1 Å². The first-order valence-corrected chi connectivity index (χ1v) is 11.4. The highest BCUT2D eigenvalue weighted by atomic mass is 32.2. The van der Waals surface area contributed by atoms with Crippen molar-refractivity contribution < 1.29 is 13.2 Å². The van der Waals surface area contributed by atoms with Gasteiger partial charge >= 0.3 is 0 Å². The van der Waals surface area contributed by atoms with Crippen molar-refractivity contribution in [3.63, 3.8) is 0 Å². The Morgan fingerprint density at radius 1 is 0.870 bits per heavy atom. The molecule has 0 saturated carbocycles. The van der Waals surface area contributed by atoms with Crippen molar-refractivity contribution in [2.75, 3.05) is 18.6 Å². The Balaban J connectivity index is 4.18. The molecule has 4 nitrogen and oxygen atoms in total. The van der Waals surface area contributed by atoms with Gasteiger partial charge in [-0.3, -0.25) is 4.79 Å². The third-order valence-corrected chi connectivity index (χ3v) is 5.15. The molecule has 0 heterocycles. The van der Waals surface area contributed by atoms with Gasteiger partial charge in [-0.15, -0.1) is 0 Å². The van der Waals surface area contributed by atoms with E-state index < -0.39 is 9.84 Å². The van der Waals surface area contributed by atoms with E-state index in [9.17, 15) is 13.2 Å². The monoisotopic (exact) mass is 347 g/mol. The molecule has 0 aromatic rings. The van der Waals surface area contributed by atoms with Gasteiger partial charge in [0, 0.05) is 18.7 Å². The molecule has 1 unspecified atom stereocenters. The number of amides is 1. The third kappa shape index (κ3) is 14.7. The van der Waals surface area contributed by atoms with Gasteiger partial charge in [0.1, 0.15) is 9.84 Å². The summed E-state index contributed by atoms with van der Waals surface area (Å²) < 4.78 is 22.3. The van der Waals surface area contributed by atoms with Crippen molar-refractivity contribution in [3.05, 3.63) is 0 Å². The molecular formula is C18H37NO3S. The fraction of sp³-hybridized carbons (Fsp3) is 0.944. The number of carbonyl (C=O) groups excluding carboxylic acids is 1. The topological polar surface area (TPSA) is 63.2 Å². The lowest BCUT2D eigenvalue weighted by atomic mass is 9.93. The Labute approximate surface area is 143 Å². The zero-order chi connectivity index (χ0) is 17.6. The molecule has 1 N–H and O–H groups in total. The van der Waals surface area contributed by atoms with E-state index in [0.29, 0.717) is 0 Å². The Morgan fingerprint density at radius 3 is 1.83 bits per heavy atom. The fourth-order valence-corrected chi connectivity index (χ4v) is 3.20. The van der Waals surface area contributed by atoms with Crippen LogP contribution in [0, 0.1) is 5.92 Å². The molecule has 0 aromatic carbocycles. The highest BCUT2D eigenvalue weighted by Gasteiger charge is 2.17. The Hall–Kier alpha value is -0.580. The van der Waals surface area contributed by atoms with E-state index in [1.165, 1.54) is 51.2 Å². The molecule has 0 fully saturated rings. The van der Waals surface area contributed by atoms with E-state index in [1.807, 2.05) is 0 Å². The van der Waals surface area contributed by atoms with Crippen LogP contribution < -0.4 is 5.32 Å². The number of nitrogens with one attached hydrogen (secondary N) is 1. The van der Waals surface area contributed by atoms with Crippen LogP contribution >= 0.6 is 0 Å². The summed E-state index contributed by atoms with van der Waals surface area (Å²) in [5, 5.41) is 2.81. The predicted molar refractivity (Wildman–Crippen MR) is 98.3 cm³/mol. The maximum atomic E-state index is 12.3. The average molecular weight is 348 g/mol. The normalized spacial score (nSPS) is 13.0. The van der Waals surface area contributed by atoms with Crippen molar-refractivity contribution >= 4 is 15.7 Å². The van der Waals surface area contributed by atoms with Gasteiger partial charge in [0.2, 0.25) is 5.91 Å². The number of hydrogen-bond acceptors (Lipinski definition) is 3. The van der Waals surface area contributed by atoms with E-state index in [2.05, 4.69) is 19.2 Å². The second kappa shape index (κ2) is 13.8. The number of hydrogen-bond donors (Lipinski definition) is 1. The zero-order valence-electron chi connectivity index (χ0n) is 15.4. The molecule has 5 heteroatoms. The second-order valence-electron chi connectivity index (χ2n) is 6.67. The minimum atomic E-state index is -3.01. The van der Waals surface area contributed by atoms with Crippen molar-refractivity contribution in [1.82, 2.24) is 5.32 Å². The lowest BCUT2D eigenvalue weighted by Crippen LogP contribution is -2.34. The highest BCUT2D eigenvalue weighted by Crippen LogP contribution is 2.19. The SMILES string of the molecule is CCCCCCCC(CCCCCC)C(=O)NCCS(C)(=O)=O. The molecule has 0 aliphatic carbocycles. The summed E-state index contributed by atoms with van der Waals surface area (Å²) in [6.45, 7) is 4.62. The summed E-state index contributed by atoms with van der Waals surface area (Å²) in [5.74, 6) is 0.117. The smallest absolute Gasteiger partial charge is 0.223 e.